The zero-order valence-corrected chi connectivity index (χ0v) is 21.1. The van der Waals surface area contributed by atoms with Crippen LogP contribution in [0, 0.1) is 5.41 Å². The van der Waals surface area contributed by atoms with Gasteiger partial charge < -0.3 is 29.5 Å². The molecule has 0 aliphatic carbocycles. The Labute approximate surface area is 217 Å². The van der Waals surface area contributed by atoms with E-state index in [-0.39, 0.29) is 22.3 Å². The Kier molecular flexibility index (Phi) is 10.7. The van der Waals surface area contributed by atoms with Gasteiger partial charge in [0.2, 0.25) is 0 Å². The molecule has 0 aromatic heterocycles. The number of carbonyl (C=O) groups is 6. The minimum Gasteiger partial charge on any atom is -0.478 e. The Morgan fingerprint density at radius 2 is 1.08 bits per heavy atom. The second-order valence-corrected chi connectivity index (χ2v) is 8.72. The fourth-order valence-electron chi connectivity index (χ4n) is 3.09. The third-order valence-corrected chi connectivity index (χ3v) is 5.05. The molecule has 0 amide bonds. The molecule has 0 spiro atoms. The van der Waals surface area contributed by atoms with Crippen LogP contribution in [0.3, 0.4) is 0 Å². The molecule has 38 heavy (non-hydrogen) atoms. The molecule has 0 bridgehead atoms. The first kappa shape index (κ1) is 31.3. The minimum absolute atomic E-state index is 0.0102. The number of carboxylic acid groups (broad SMARTS) is 3. The molecule has 1 aromatic rings. The van der Waals surface area contributed by atoms with Crippen LogP contribution in [0.5, 0.6) is 0 Å². The third kappa shape index (κ3) is 8.43. The van der Waals surface area contributed by atoms with Crippen LogP contribution in [0.2, 0.25) is 0 Å². The summed E-state index contributed by atoms with van der Waals surface area (Å²) in [6, 6.07) is 1.61. The lowest BCUT2D eigenvalue weighted by Gasteiger charge is -2.33. The Morgan fingerprint density at radius 1 is 0.684 bits per heavy atom. The smallest absolute Gasteiger partial charge is 0.336 e. The molecule has 0 saturated heterocycles. The van der Waals surface area contributed by atoms with E-state index in [1.807, 2.05) is 0 Å². The van der Waals surface area contributed by atoms with Crippen LogP contribution in [0.15, 0.2) is 48.6 Å². The summed E-state index contributed by atoms with van der Waals surface area (Å²) in [6.07, 6.45) is -0.563. The van der Waals surface area contributed by atoms with Crippen LogP contribution in [-0.4, -0.2) is 71.0 Å². The van der Waals surface area contributed by atoms with E-state index in [1.165, 1.54) is 20.8 Å². The minimum atomic E-state index is -1.71. The highest BCUT2D eigenvalue weighted by Crippen LogP contribution is 2.31. The van der Waals surface area contributed by atoms with E-state index >= 15 is 0 Å². The number of ether oxygens (including phenoxy) is 3. The number of aromatic carboxylic acids is 3. The molecule has 3 N–H and O–H groups in total. The van der Waals surface area contributed by atoms with Crippen LogP contribution in [0.25, 0.3) is 0 Å². The Bertz CT molecular complexity index is 1150. The summed E-state index contributed by atoms with van der Waals surface area (Å²) in [5.74, 6) is -7.59. The number of carbonyl (C=O) groups excluding carboxylic acids is 3. The van der Waals surface area contributed by atoms with E-state index in [9.17, 15) is 44.1 Å². The quantitative estimate of drug-likeness (QED) is 0.181. The molecule has 0 fully saturated rings. The summed E-state index contributed by atoms with van der Waals surface area (Å²) in [5, 5.41) is 28.8. The molecule has 1 rings (SSSR count). The maximum Gasteiger partial charge on any atom is 0.336 e. The van der Waals surface area contributed by atoms with Gasteiger partial charge in [0.1, 0.15) is 19.8 Å². The van der Waals surface area contributed by atoms with Crippen molar-refractivity contribution in [3.63, 3.8) is 0 Å². The van der Waals surface area contributed by atoms with Crippen molar-refractivity contribution < 1.29 is 58.3 Å². The number of carboxylic acids is 3. The fraction of sp³-hybridized carbons (Fsp3) is 0.308. The Balaban J connectivity index is 3.84. The van der Waals surface area contributed by atoms with Crippen LogP contribution in [0.1, 0.15) is 57.4 Å². The average molecular weight is 532 g/mol. The average Bonchev–Trinajstić information content (AvgIpc) is 2.82. The van der Waals surface area contributed by atoms with Gasteiger partial charge in [-0.15, -0.1) is 0 Å². The predicted octanol–water partition coefficient (Wildman–Crippen LogP) is 2.67. The van der Waals surface area contributed by atoms with Crippen molar-refractivity contribution in [1.82, 2.24) is 0 Å². The van der Waals surface area contributed by atoms with E-state index in [2.05, 4.69) is 19.7 Å². The summed E-state index contributed by atoms with van der Waals surface area (Å²) in [4.78, 5) is 72.1. The summed E-state index contributed by atoms with van der Waals surface area (Å²) < 4.78 is 15.7. The van der Waals surface area contributed by atoms with E-state index in [1.54, 1.807) is 0 Å². The highest BCUT2D eigenvalue weighted by atomic mass is 16.6. The maximum atomic E-state index is 12.2. The van der Waals surface area contributed by atoms with Gasteiger partial charge in [-0.25, -0.2) is 28.8 Å². The standard InChI is InChI=1S/C26H28O12/c1-13(2)23(33)36-10-26(11-37-24(34)14(3)4,12-38-25(35)15(5)6)9-17-7-16(20(27)28)8-18(21(29)30)19(17)22(31)32/h7-8H,1,3,5,9-12H2,2,4,6H3,(H,27,28)(H,29,30)(H,31,32). The second-order valence-electron chi connectivity index (χ2n) is 8.72. The first-order valence-corrected chi connectivity index (χ1v) is 10.9. The van der Waals surface area contributed by atoms with E-state index in [4.69, 9.17) is 14.2 Å². The molecular weight excluding hydrogens is 504 g/mol. The molecule has 12 heteroatoms. The Hall–Kier alpha value is -4.74. The number of rotatable bonds is 14. The van der Waals surface area contributed by atoms with Crippen molar-refractivity contribution in [3.8, 4) is 0 Å². The lowest BCUT2D eigenvalue weighted by molar-refractivity contribution is -0.157. The van der Waals surface area contributed by atoms with Gasteiger partial charge in [-0.1, -0.05) is 19.7 Å². The normalized spacial score (nSPS) is 10.6. The molecule has 12 nitrogen and oxygen atoms in total. The van der Waals surface area contributed by atoms with Crippen molar-refractivity contribution in [2.24, 2.45) is 5.41 Å². The van der Waals surface area contributed by atoms with Gasteiger partial charge >= 0.3 is 35.8 Å². The van der Waals surface area contributed by atoms with Gasteiger partial charge in [-0.3, -0.25) is 0 Å². The van der Waals surface area contributed by atoms with Crippen molar-refractivity contribution in [2.75, 3.05) is 19.8 Å². The van der Waals surface area contributed by atoms with Gasteiger partial charge in [0, 0.05) is 16.7 Å². The highest BCUT2D eigenvalue weighted by molar-refractivity contribution is 6.05. The molecule has 0 aliphatic heterocycles. The summed E-state index contributed by atoms with van der Waals surface area (Å²) in [7, 11) is 0. The van der Waals surface area contributed by atoms with Crippen LogP contribution < -0.4 is 0 Å². The molecule has 1 aromatic carbocycles. The summed E-state index contributed by atoms with van der Waals surface area (Å²) in [5.41, 5.74) is -4.18. The first-order valence-electron chi connectivity index (χ1n) is 10.9. The van der Waals surface area contributed by atoms with Crippen molar-refractivity contribution in [2.45, 2.75) is 27.2 Å². The second kappa shape index (κ2) is 13.0. The molecule has 0 atom stereocenters. The van der Waals surface area contributed by atoms with Crippen molar-refractivity contribution >= 4 is 35.8 Å². The van der Waals surface area contributed by atoms with Crippen LogP contribution >= 0.6 is 0 Å². The predicted molar refractivity (Wildman–Crippen MR) is 131 cm³/mol. The molecule has 0 unspecified atom stereocenters. The Morgan fingerprint density at radius 3 is 1.37 bits per heavy atom. The number of hydrogen-bond donors (Lipinski definition) is 3. The topological polar surface area (TPSA) is 191 Å². The first-order chi connectivity index (χ1) is 17.5. The molecule has 0 heterocycles. The van der Waals surface area contributed by atoms with Crippen molar-refractivity contribution in [1.29, 1.82) is 0 Å². The van der Waals surface area contributed by atoms with Gasteiger partial charge in [-0.2, -0.15) is 0 Å². The van der Waals surface area contributed by atoms with Gasteiger partial charge in [0.05, 0.1) is 22.1 Å². The molecule has 0 saturated carbocycles. The fourth-order valence-corrected chi connectivity index (χ4v) is 3.09. The number of benzene rings is 1. The van der Waals surface area contributed by atoms with Crippen LogP contribution in [-0.2, 0) is 35.0 Å². The monoisotopic (exact) mass is 532 g/mol. The molecule has 0 radical (unpaired) electrons. The molecule has 204 valence electrons. The SMILES string of the molecule is C=C(C)C(=O)OCC(COC(=O)C(=C)C)(COC(=O)C(=C)C)Cc1cc(C(=O)O)cc(C(=O)O)c1C(=O)O. The zero-order valence-electron chi connectivity index (χ0n) is 21.1. The van der Waals surface area contributed by atoms with E-state index in [0.29, 0.717) is 6.07 Å². The zero-order chi connectivity index (χ0) is 29.4. The summed E-state index contributed by atoms with van der Waals surface area (Å²) >= 11 is 0. The van der Waals surface area contributed by atoms with E-state index < -0.39 is 84.2 Å². The van der Waals surface area contributed by atoms with Gasteiger partial charge in [0.15, 0.2) is 0 Å². The van der Waals surface area contributed by atoms with Crippen LogP contribution in [0.4, 0.5) is 0 Å². The largest absolute Gasteiger partial charge is 0.478 e. The maximum absolute atomic E-state index is 12.2. The third-order valence-electron chi connectivity index (χ3n) is 5.05. The van der Waals surface area contributed by atoms with Gasteiger partial charge in [-0.05, 0) is 44.9 Å². The number of esters is 3. The summed E-state index contributed by atoms with van der Waals surface area (Å²) in [6.45, 7) is 12.5. The highest BCUT2D eigenvalue weighted by Gasteiger charge is 2.39. The number of hydrogen-bond acceptors (Lipinski definition) is 9. The van der Waals surface area contributed by atoms with Crippen molar-refractivity contribution in [3.05, 3.63) is 70.8 Å². The molecular formula is C26H28O12. The lowest BCUT2D eigenvalue weighted by atomic mass is 9.80. The van der Waals surface area contributed by atoms with Gasteiger partial charge in [0.25, 0.3) is 0 Å². The van der Waals surface area contributed by atoms with E-state index in [0.717, 1.165) is 6.07 Å². The molecule has 0 aliphatic rings. The lowest BCUT2D eigenvalue weighted by Crippen LogP contribution is -2.42.